The molecule has 0 spiro atoms. The molecule has 0 radical (unpaired) electrons. The summed E-state index contributed by atoms with van der Waals surface area (Å²) in [5, 5.41) is 11.9. The number of fused-ring (bicyclic) bond motifs is 5. The van der Waals surface area contributed by atoms with Crippen molar-refractivity contribution in [2.24, 2.45) is 35.0 Å². The van der Waals surface area contributed by atoms with Gasteiger partial charge in [0, 0.05) is 37.2 Å². The van der Waals surface area contributed by atoms with Crippen LogP contribution in [0.5, 0.6) is 0 Å². The second-order valence-electron chi connectivity index (χ2n) is 11.4. The zero-order valence-corrected chi connectivity index (χ0v) is 20.0. The molecule has 0 aromatic heterocycles. The monoisotopic (exact) mass is 431 g/mol. The lowest BCUT2D eigenvalue weighted by Gasteiger charge is -2.56. The fourth-order valence-corrected chi connectivity index (χ4v) is 7.83. The van der Waals surface area contributed by atoms with Crippen LogP contribution in [0.1, 0.15) is 64.4 Å². The van der Waals surface area contributed by atoms with Gasteiger partial charge in [0.15, 0.2) is 5.78 Å². The van der Waals surface area contributed by atoms with E-state index < -0.39 is 5.60 Å². The van der Waals surface area contributed by atoms with Crippen LogP contribution in [0.15, 0.2) is 35.9 Å². The molecule has 0 aliphatic heterocycles. The van der Waals surface area contributed by atoms with E-state index in [9.17, 15) is 9.90 Å². The van der Waals surface area contributed by atoms with Gasteiger partial charge in [-0.15, -0.1) is 0 Å². The zero-order chi connectivity index (χ0) is 22.7. The summed E-state index contributed by atoms with van der Waals surface area (Å²) >= 11 is 0. The Labute approximate surface area is 193 Å². The van der Waals surface area contributed by atoms with Gasteiger partial charge in [-0.25, -0.2) is 0 Å². The molecule has 3 nitrogen and oxygen atoms in total. The summed E-state index contributed by atoms with van der Waals surface area (Å²) in [4.78, 5) is 14.1. The average Bonchev–Trinajstić information content (AvgIpc) is 3.03. The van der Waals surface area contributed by atoms with Gasteiger partial charge in [-0.3, -0.25) is 4.79 Å². The molecule has 4 aliphatic rings. The van der Waals surface area contributed by atoms with Gasteiger partial charge in [0.05, 0.1) is 0 Å². The summed E-state index contributed by atoms with van der Waals surface area (Å²) in [6.45, 7) is 4.70. The first-order valence-electron chi connectivity index (χ1n) is 12.5. The molecular formula is C29H37NO2. The summed E-state index contributed by atoms with van der Waals surface area (Å²) in [6.07, 6.45) is 8.83. The van der Waals surface area contributed by atoms with E-state index >= 15 is 0 Å². The predicted molar refractivity (Wildman–Crippen MR) is 129 cm³/mol. The van der Waals surface area contributed by atoms with Crippen molar-refractivity contribution >= 4 is 11.5 Å². The van der Waals surface area contributed by atoms with Gasteiger partial charge in [-0.2, -0.15) is 0 Å². The van der Waals surface area contributed by atoms with E-state index in [0.29, 0.717) is 35.4 Å². The van der Waals surface area contributed by atoms with E-state index in [2.05, 4.69) is 54.9 Å². The Morgan fingerprint density at radius 2 is 1.84 bits per heavy atom. The van der Waals surface area contributed by atoms with Crippen LogP contribution in [-0.2, 0) is 4.79 Å². The first kappa shape index (κ1) is 21.8. The van der Waals surface area contributed by atoms with E-state index in [4.69, 9.17) is 0 Å². The number of carbonyl (C=O) groups is 1. The predicted octanol–water partition coefficient (Wildman–Crippen LogP) is 5.22. The number of aliphatic hydroxyl groups is 1. The van der Waals surface area contributed by atoms with Crippen LogP contribution in [0.25, 0.3) is 0 Å². The number of hydrogen-bond donors (Lipinski definition) is 1. The van der Waals surface area contributed by atoms with E-state index in [1.165, 1.54) is 5.57 Å². The van der Waals surface area contributed by atoms with Crippen LogP contribution in [-0.4, -0.2) is 30.6 Å². The van der Waals surface area contributed by atoms with E-state index in [1.54, 1.807) is 0 Å². The van der Waals surface area contributed by atoms with E-state index in [0.717, 1.165) is 56.2 Å². The van der Waals surface area contributed by atoms with Crippen LogP contribution in [0.3, 0.4) is 0 Å². The van der Waals surface area contributed by atoms with Crippen molar-refractivity contribution in [1.29, 1.82) is 0 Å². The first-order chi connectivity index (χ1) is 15.2. The fraction of sp³-hybridized carbons (Fsp3) is 0.621. The lowest BCUT2D eigenvalue weighted by molar-refractivity contribution is -0.117. The molecule has 0 saturated heterocycles. The Bertz CT molecular complexity index is 996. The Morgan fingerprint density at radius 1 is 1.09 bits per heavy atom. The van der Waals surface area contributed by atoms with Gasteiger partial charge in [-0.05, 0) is 98.5 Å². The normalized spacial score (nSPS) is 40.3. The van der Waals surface area contributed by atoms with Crippen molar-refractivity contribution in [3.05, 3.63) is 41.5 Å². The number of carbonyl (C=O) groups excluding carboxylic acids is 1. The Morgan fingerprint density at radius 3 is 2.56 bits per heavy atom. The average molecular weight is 432 g/mol. The van der Waals surface area contributed by atoms with Crippen molar-refractivity contribution in [3.63, 3.8) is 0 Å². The number of hydrogen-bond acceptors (Lipinski definition) is 3. The van der Waals surface area contributed by atoms with Crippen molar-refractivity contribution < 1.29 is 9.90 Å². The standard InChI is InChI=1S/C29H37NO2/c1-19-17-21-18-23(31)9-10-24(21)25-12-14-28(2)26(27(19)25)13-16-29(28,32)15-11-20-5-7-22(8-6-20)30(3)4/h5-8,18-19,24-27,32H,9-10,12-14,16-17H2,1-4H3/t19-,24?,25?,26?,27?,28+,29+/m1/s1. The SMILES string of the molecule is C[C@@H]1CC2=CC(=O)CCC2C2CC[C@@]3(C)C(CC[C@@]3(O)C#Cc3ccc(N(C)C)cc3)C21. The smallest absolute Gasteiger partial charge is 0.155 e. The van der Waals surface area contributed by atoms with Crippen LogP contribution >= 0.6 is 0 Å². The number of ketones is 1. The third kappa shape index (κ3) is 3.34. The topological polar surface area (TPSA) is 40.5 Å². The molecule has 0 heterocycles. The second kappa shape index (κ2) is 7.77. The van der Waals surface area contributed by atoms with Crippen LogP contribution in [0, 0.1) is 46.8 Å². The van der Waals surface area contributed by atoms with Crippen LogP contribution in [0.2, 0.25) is 0 Å². The summed E-state index contributed by atoms with van der Waals surface area (Å²) in [6, 6.07) is 8.28. The quantitative estimate of drug-likeness (QED) is 0.620. The molecule has 0 bridgehead atoms. The molecule has 1 N–H and O–H groups in total. The molecule has 4 unspecified atom stereocenters. The minimum atomic E-state index is -0.915. The third-order valence-electron chi connectivity index (χ3n) is 9.59. The van der Waals surface area contributed by atoms with Crippen molar-refractivity contribution in [1.82, 2.24) is 0 Å². The molecule has 3 fully saturated rings. The molecule has 0 amide bonds. The summed E-state index contributed by atoms with van der Waals surface area (Å²) in [5.41, 5.74) is 2.49. The maximum Gasteiger partial charge on any atom is 0.155 e. The highest BCUT2D eigenvalue weighted by Crippen LogP contribution is 2.65. The zero-order valence-electron chi connectivity index (χ0n) is 20.0. The first-order valence-corrected chi connectivity index (χ1v) is 12.5. The van der Waals surface area contributed by atoms with Crippen molar-refractivity contribution in [3.8, 4) is 11.8 Å². The molecule has 32 heavy (non-hydrogen) atoms. The number of benzene rings is 1. The highest BCUT2D eigenvalue weighted by atomic mass is 16.3. The summed E-state index contributed by atoms with van der Waals surface area (Å²) in [5.74, 6) is 10.0. The van der Waals surface area contributed by atoms with Crippen molar-refractivity contribution in [2.75, 3.05) is 19.0 Å². The molecule has 1 aromatic carbocycles. The second-order valence-corrected chi connectivity index (χ2v) is 11.4. The van der Waals surface area contributed by atoms with Gasteiger partial charge in [-0.1, -0.05) is 31.3 Å². The fourth-order valence-electron chi connectivity index (χ4n) is 7.83. The molecule has 7 atom stereocenters. The van der Waals surface area contributed by atoms with Gasteiger partial charge < -0.3 is 10.0 Å². The minimum Gasteiger partial charge on any atom is -0.378 e. The molecule has 1 aromatic rings. The number of allylic oxidation sites excluding steroid dienone is 1. The summed E-state index contributed by atoms with van der Waals surface area (Å²) < 4.78 is 0. The van der Waals surface area contributed by atoms with Gasteiger partial charge in [0.25, 0.3) is 0 Å². The number of nitrogens with zero attached hydrogens (tertiary/aromatic N) is 1. The lowest BCUT2D eigenvalue weighted by Crippen LogP contribution is -2.54. The molecule has 4 aliphatic carbocycles. The van der Waals surface area contributed by atoms with E-state index in [-0.39, 0.29) is 5.41 Å². The van der Waals surface area contributed by atoms with Gasteiger partial charge in [0.2, 0.25) is 0 Å². The molecule has 3 heteroatoms. The van der Waals surface area contributed by atoms with Gasteiger partial charge in [0.1, 0.15) is 5.60 Å². The Kier molecular flexibility index (Phi) is 5.29. The largest absolute Gasteiger partial charge is 0.378 e. The minimum absolute atomic E-state index is 0.148. The van der Waals surface area contributed by atoms with E-state index in [1.807, 2.05) is 20.2 Å². The number of anilines is 1. The lowest BCUT2D eigenvalue weighted by atomic mass is 9.48. The van der Waals surface area contributed by atoms with Gasteiger partial charge >= 0.3 is 0 Å². The highest BCUT2D eigenvalue weighted by Gasteiger charge is 2.63. The van der Waals surface area contributed by atoms with Crippen LogP contribution < -0.4 is 4.90 Å². The Balaban J connectivity index is 1.41. The number of rotatable bonds is 1. The molecular weight excluding hydrogens is 394 g/mol. The maximum atomic E-state index is 12.0. The molecule has 3 saturated carbocycles. The maximum absolute atomic E-state index is 12.0. The van der Waals surface area contributed by atoms with Crippen LogP contribution in [0.4, 0.5) is 5.69 Å². The van der Waals surface area contributed by atoms with Crippen molar-refractivity contribution in [2.45, 2.75) is 64.4 Å². The molecule has 5 rings (SSSR count). The Hall–Kier alpha value is -2.05. The summed E-state index contributed by atoms with van der Waals surface area (Å²) in [7, 11) is 4.07. The molecule has 170 valence electrons. The highest BCUT2D eigenvalue weighted by molar-refractivity contribution is 5.91. The third-order valence-corrected chi connectivity index (χ3v) is 9.59.